The van der Waals surface area contributed by atoms with Gasteiger partial charge < -0.3 is 15.0 Å². The summed E-state index contributed by atoms with van der Waals surface area (Å²) in [4.78, 5) is 34.6. The summed E-state index contributed by atoms with van der Waals surface area (Å²) in [5.74, 6) is 0.0233. The highest BCUT2D eigenvalue weighted by Gasteiger charge is 2.34. The number of carbonyl (C=O) groups is 2. The van der Waals surface area contributed by atoms with Crippen molar-refractivity contribution in [2.75, 3.05) is 25.5 Å². The summed E-state index contributed by atoms with van der Waals surface area (Å²) in [5.41, 5.74) is 2.41. The number of carbonyl (C=O) groups excluding carboxylic acids is 2. The largest absolute Gasteiger partial charge is 0.486 e. The molecule has 1 aromatic heterocycles. The van der Waals surface area contributed by atoms with Crippen LogP contribution in [-0.2, 0) is 6.54 Å². The molecule has 0 unspecified atom stereocenters. The van der Waals surface area contributed by atoms with E-state index in [0.29, 0.717) is 42.2 Å². The van der Waals surface area contributed by atoms with Crippen molar-refractivity contribution in [1.82, 2.24) is 14.8 Å². The van der Waals surface area contributed by atoms with Crippen LogP contribution in [0.1, 0.15) is 47.1 Å². The van der Waals surface area contributed by atoms with Crippen LogP contribution in [-0.4, -0.2) is 58.9 Å². The number of hydrogen-bond acceptors (Lipinski definition) is 5. The molecule has 2 aromatic carbocycles. The van der Waals surface area contributed by atoms with E-state index in [1.807, 2.05) is 50.1 Å². The molecule has 0 fully saturated rings. The summed E-state index contributed by atoms with van der Waals surface area (Å²) in [7, 11) is 2.03. The molecule has 0 spiro atoms. The third-order valence-corrected chi connectivity index (χ3v) is 6.97. The lowest BCUT2D eigenvalue weighted by Gasteiger charge is -2.38. The van der Waals surface area contributed by atoms with Gasteiger partial charge in [-0.1, -0.05) is 42.8 Å². The Bertz CT molecular complexity index is 1250. The van der Waals surface area contributed by atoms with Gasteiger partial charge in [0, 0.05) is 54.6 Å². The molecule has 0 saturated carbocycles. The number of nitrogens with one attached hydrogen (secondary N) is 1. The molecule has 3 aromatic rings. The van der Waals surface area contributed by atoms with E-state index in [2.05, 4.69) is 22.1 Å². The third kappa shape index (κ3) is 6.29. The maximum atomic E-state index is 13.6. The highest BCUT2D eigenvalue weighted by molar-refractivity contribution is 6.31. The number of halogens is 1. The Labute approximate surface area is 223 Å². The third-order valence-electron chi connectivity index (χ3n) is 6.60. The molecular formula is C29H33ClN4O3. The van der Waals surface area contributed by atoms with Crippen LogP contribution in [0.3, 0.4) is 0 Å². The topological polar surface area (TPSA) is 74.8 Å². The number of amides is 2. The van der Waals surface area contributed by atoms with Gasteiger partial charge in [0.15, 0.2) is 5.75 Å². The molecule has 0 bridgehead atoms. The molecule has 0 saturated heterocycles. The molecule has 1 N–H and O–H groups in total. The average molecular weight is 521 g/mol. The molecule has 2 atom stereocenters. The number of para-hydroxylation sites is 1. The number of rotatable bonds is 7. The van der Waals surface area contributed by atoms with Gasteiger partial charge in [-0.15, -0.1) is 0 Å². The fourth-order valence-electron chi connectivity index (χ4n) is 4.51. The van der Waals surface area contributed by atoms with E-state index in [-0.39, 0.29) is 29.9 Å². The Hall–Kier alpha value is -3.42. The summed E-state index contributed by atoms with van der Waals surface area (Å²) in [5, 5.41) is 3.67. The second-order valence-electron chi connectivity index (χ2n) is 9.85. The maximum Gasteiger partial charge on any atom is 0.257 e. The molecule has 2 heterocycles. The normalized spacial score (nSPS) is 17.7. The molecule has 194 valence electrons. The lowest BCUT2D eigenvalue weighted by atomic mass is 9.99. The molecule has 7 nitrogen and oxygen atoms in total. The molecule has 1 aliphatic rings. The molecular weight excluding hydrogens is 488 g/mol. The molecule has 0 aliphatic carbocycles. The highest BCUT2D eigenvalue weighted by Crippen LogP contribution is 2.35. The molecule has 4 rings (SSSR count). The lowest BCUT2D eigenvalue weighted by molar-refractivity contribution is 0.0433. The van der Waals surface area contributed by atoms with Crippen LogP contribution in [0.15, 0.2) is 67.0 Å². The monoisotopic (exact) mass is 520 g/mol. The zero-order chi connectivity index (χ0) is 26.5. The first-order valence-corrected chi connectivity index (χ1v) is 12.9. The van der Waals surface area contributed by atoms with E-state index in [1.54, 1.807) is 42.7 Å². The number of fused-ring (bicyclic) bond motifs is 1. The lowest BCUT2D eigenvalue weighted by Crippen LogP contribution is -2.48. The Balaban J connectivity index is 1.66. The van der Waals surface area contributed by atoms with Gasteiger partial charge in [0.05, 0.1) is 11.3 Å². The number of hydrogen-bond donors (Lipinski definition) is 1. The number of nitrogens with zero attached hydrogens (tertiary/aromatic N) is 3. The van der Waals surface area contributed by atoms with Crippen LogP contribution < -0.4 is 10.1 Å². The summed E-state index contributed by atoms with van der Waals surface area (Å²) in [6, 6.07) is 16.4. The first kappa shape index (κ1) is 26.6. The molecule has 1 aliphatic heterocycles. The van der Waals surface area contributed by atoms with E-state index in [4.69, 9.17) is 16.3 Å². The molecule has 2 amide bonds. The van der Waals surface area contributed by atoms with Crippen molar-refractivity contribution in [3.05, 3.63) is 88.7 Å². The van der Waals surface area contributed by atoms with Crippen molar-refractivity contribution in [2.24, 2.45) is 5.92 Å². The van der Waals surface area contributed by atoms with Crippen molar-refractivity contribution in [1.29, 1.82) is 0 Å². The SMILES string of the molecule is CC(C)N1C[C@H](C)[C@@H](CN(C)Cc2ccccc2Cl)Oc2c(NC(=O)c3ccncc3)cccc2C1=O. The summed E-state index contributed by atoms with van der Waals surface area (Å²) >= 11 is 6.40. The Morgan fingerprint density at radius 3 is 2.59 bits per heavy atom. The Kier molecular flexibility index (Phi) is 8.46. The summed E-state index contributed by atoms with van der Waals surface area (Å²) in [6.45, 7) is 7.96. The number of pyridine rings is 1. The van der Waals surface area contributed by atoms with Crippen molar-refractivity contribution in [3.63, 3.8) is 0 Å². The van der Waals surface area contributed by atoms with Gasteiger partial charge in [-0.2, -0.15) is 0 Å². The van der Waals surface area contributed by atoms with E-state index in [9.17, 15) is 9.59 Å². The quantitative estimate of drug-likeness (QED) is 0.453. The number of ether oxygens (including phenoxy) is 1. The average Bonchev–Trinajstić information content (AvgIpc) is 2.88. The van der Waals surface area contributed by atoms with Gasteiger partial charge in [0.25, 0.3) is 11.8 Å². The second-order valence-corrected chi connectivity index (χ2v) is 10.3. The molecule has 0 radical (unpaired) electrons. The standard InChI is InChI=1S/C29H33ClN4O3/c1-19(2)34-16-20(3)26(18-33(4)17-22-8-5-6-10-24(22)30)37-27-23(29(34)36)9-7-11-25(27)32-28(35)21-12-14-31-15-13-21/h5-15,19-20,26H,16-18H2,1-4H3,(H,32,35)/t20-,26+/m0/s1. The van der Waals surface area contributed by atoms with Crippen molar-refractivity contribution in [2.45, 2.75) is 39.5 Å². The highest BCUT2D eigenvalue weighted by atomic mass is 35.5. The second kappa shape index (κ2) is 11.8. The maximum absolute atomic E-state index is 13.6. The first-order chi connectivity index (χ1) is 17.7. The van der Waals surface area contributed by atoms with Gasteiger partial charge in [-0.05, 0) is 56.8 Å². The van der Waals surface area contributed by atoms with Gasteiger partial charge in [-0.3, -0.25) is 19.5 Å². The zero-order valence-corrected chi connectivity index (χ0v) is 22.4. The van der Waals surface area contributed by atoms with Gasteiger partial charge in [0.1, 0.15) is 6.10 Å². The first-order valence-electron chi connectivity index (χ1n) is 12.5. The number of aromatic nitrogens is 1. The predicted molar refractivity (Wildman–Crippen MR) is 146 cm³/mol. The zero-order valence-electron chi connectivity index (χ0n) is 21.6. The number of benzene rings is 2. The van der Waals surface area contributed by atoms with E-state index in [1.165, 1.54) is 0 Å². The van der Waals surface area contributed by atoms with Crippen LogP contribution >= 0.6 is 11.6 Å². The van der Waals surface area contributed by atoms with Crippen LogP contribution in [0, 0.1) is 5.92 Å². The fraction of sp³-hybridized carbons (Fsp3) is 0.345. The van der Waals surface area contributed by atoms with Crippen LogP contribution in [0.2, 0.25) is 5.02 Å². The van der Waals surface area contributed by atoms with Gasteiger partial charge in [-0.25, -0.2) is 0 Å². The minimum absolute atomic E-state index is 0.0115. The van der Waals surface area contributed by atoms with Crippen molar-refractivity contribution < 1.29 is 14.3 Å². The van der Waals surface area contributed by atoms with Crippen LogP contribution in [0.4, 0.5) is 5.69 Å². The van der Waals surface area contributed by atoms with Gasteiger partial charge in [0.2, 0.25) is 0 Å². The minimum Gasteiger partial charge on any atom is -0.486 e. The summed E-state index contributed by atoms with van der Waals surface area (Å²) in [6.07, 6.45) is 2.90. The van der Waals surface area contributed by atoms with E-state index < -0.39 is 0 Å². The van der Waals surface area contributed by atoms with Crippen molar-refractivity contribution in [3.8, 4) is 5.75 Å². The summed E-state index contributed by atoms with van der Waals surface area (Å²) < 4.78 is 6.60. The predicted octanol–water partition coefficient (Wildman–Crippen LogP) is 5.37. The minimum atomic E-state index is -0.296. The van der Waals surface area contributed by atoms with Crippen molar-refractivity contribution >= 4 is 29.1 Å². The van der Waals surface area contributed by atoms with E-state index in [0.717, 1.165) is 10.6 Å². The Morgan fingerprint density at radius 1 is 1.16 bits per heavy atom. The van der Waals surface area contributed by atoms with Crippen LogP contribution in [0.25, 0.3) is 0 Å². The smallest absolute Gasteiger partial charge is 0.257 e. The van der Waals surface area contributed by atoms with E-state index >= 15 is 0 Å². The Morgan fingerprint density at radius 2 is 1.89 bits per heavy atom. The molecule has 37 heavy (non-hydrogen) atoms. The molecule has 8 heteroatoms. The number of anilines is 1. The number of likely N-dealkylation sites (N-methyl/N-ethyl adjacent to an activating group) is 1. The fourth-order valence-corrected chi connectivity index (χ4v) is 4.71. The van der Waals surface area contributed by atoms with Gasteiger partial charge >= 0.3 is 0 Å². The van der Waals surface area contributed by atoms with Crippen LogP contribution in [0.5, 0.6) is 5.75 Å².